The monoisotopic (exact) mass is 524 g/mol. The van der Waals surface area contributed by atoms with Crippen molar-refractivity contribution in [2.75, 3.05) is 0 Å². The van der Waals surface area contributed by atoms with E-state index in [-0.39, 0.29) is 59.8 Å². The molecule has 0 saturated heterocycles. The molecule has 2 aromatic carbocycles. The molecular weight excluding hydrogens is 511 g/mol. The fourth-order valence-corrected chi connectivity index (χ4v) is 5.95. The summed E-state index contributed by atoms with van der Waals surface area (Å²) >= 11 is 12.7. The van der Waals surface area contributed by atoms with E-state index >= 15 is 0 Å². The molecule has 0 radical (unpaired) electrons. The quantitative estimate of drug-likeness (QED) is 0.376. The smallest absolute Gasteiger partial charge is 0.268 e. The highest BCUT2D eigenvalue weighted by atomic mass is 35.5. The lowest BCUT2D eigenvalue weighted by molar-refractivity contribution is 0.101. The minimum Gasteiger partial charge on any atom is -0.382 e. The lowest BCUT2D eigenvalue weighted by Gasteiger charge is -2.19. The molecule has 2 aromatic heterocycles. The Labute approximate surface area is 210 Å². The molecule has 4 rings (SSSR count). The van der Waals surface area contributed by atoms with Crippen LogP contribution < -0.4 is 0 Å². The van der Waals surface area contributed by atoms with Gasteiger partial charge in [0.05, 0.1) is 32.2 Å². The fraction of sp³-hybridized carbons (Fsp3) is 0.0833. The van der Waals surface area contributed by atoms with E-state index in [0.717, 1.165) is 3.97 Å². The number of Topliss-reactive ketones (excluding diaryl/α,β-unsaturated/α-hetero) is 1. The second-order valence-electron chi connectivity index (χ2n) is 7.45. The second kappa shape index (κ2) is 9.14. The largest absolute Gasteiger partial charge is 0.382 e. The van der Waals surface area contributed by atoms with E-state index in [1.807, 2.05) is 6.07 Å². The maximum atomic E-state index is 13.7. The van der Waals surface area contributed by atoms with Gasteiger partial charge < -0.3 is 5.11 Å². The Morgan fingerprint density at radius 1 is 1.09 bits per heavy atom. The van der Waals surface area contributed by atoms with Crippen molar-refractivity contribution in [2.45, 2.75) is 17.9 Å². The van der Waals surface area contributed by atoms with E-state index in [2.05, 4.69) is 4.98 Å². The van der Waals surface area contributed by atoms with Crippen molar-refractivity contribution in [3.63, 3.8) is 0 Å². The minimum absolute atomic E-state index is 0.00445. The van der Waals surface area contributed by atoms with Crippen LogP contribution in [0.15, 0.2) is 59.5 Å². The summed E-state index contributed by atoms with van der Waals surface area (Å²) in [4.78, 5) is 16.0. The lowest BCUT2D eigenvalue weighted by atomic mass is 10.0. The number of pyridine rings is 1. The summed E-state index contributed by atoms with van der Waals surface area (Å²) in [5.74, 6) is -0.378. The molecule has 1 atom stereocenters. The predicted octanol–water partition coefficient (Wildman–Crippen LogP) is 4.61. The summed E-state index contributed by atoms with van der Waals surface area (Å²) in [5.41, 5.74) is -0.509. The van der Waals surface area contributed by atoms with Crippen LogP contribution in [0.2, 0.25) is 10.0 Å². The molecule has 0 aliphatic carbocycles. The average Bonchev–Trinajstić information content (AvgIpc) is 3.22. The third-order valence-electron chi connectivity index (χ3n) is 5.34. The number of aliphatic hydroxyl groups is 1. The van der Waals surface area contributed by atoms with Crippen molar-refractivity contribution in [3.8, 4) is 12.1 Å². The van der Waals surface area contributed by atoms with E-state index < -0.39 is 16.1 Å². The maximum absolute atomic E-state index is 13.7. The summed E-state index contributed by atoms with van der Waals surface area (Å²) in [7, 11) is -4.33. The predicted molar refractivity (Wildman–Crippen MR) is 129 cm³/mol. The molecule has 0 spiro atoms. The number of ketones is 1. The zero-order valence-electron chi connectivity index (χ0n) is 17.9. The number of nitriles is 2. The molecule has 1 unspecified atom stereocenters. The van der Waals surface area contributed by atoms with Gasteiger partial charge >= 0.3 is 0 Å². The van der Waals surface area contributed by atoms with E-state index in [9.17, 15) is 28.8 Å². The minimum atomic E-state index is -4.33. The lowest BCUT2D eigenvalue weighted by Crippen LogP contribution is -2.19. The topological polar surface area (TPSA) is 137 Å². The van der Waals surface area contributed by atoms with Gasteiger partial charge in [0.2, 0.25) is 0 Å². The first-order valence-electron chi connectivity index (χ1n) is 9.96. The van der Waals surface area contributed by atoms with Crippen LogP contribution in [0, 0.1) is 22.7 Å². The molecular formula is C24H14Cl2N4O4S. The number of aliphatic hydroxyl groups excluding tert-OH is 1. The molecule has 8 nitrogen and oxygen atoms in total. The van der Waals surface area contributed by atoms with Crippen molar-refractivity contribution in [1.29, 1.82) is 10.5 Å². The highest BCUT2D eigenvalue weighted by Gasteiger charge is 2.31. The van der Waals surface area contributed by atoms with Crippen LogP contribution in [0.25, 0.3) is 11.0 Å². The van der Waals surface area contributed by atoms with Gasteiger partial charge in [-0.05, 0) is 43.3 Å². The number of hydrogen-bond donors (Lipinski definition) is 1. The number of aromatic nitrogens is 2. The summed E-state index contributed by atoms with van der Waals surface area (Å²) in [6, 6.07) is 16.4. The van der Waals surface area contributed by atoms with Crippen molar-refractivity contribution >= 4 is 50.0 Å². The zero-order valence-corrected chi connectivity index (χ0v) is 20.2. The molecule has 4 aromatic rings. The van der Waals surface area contributed by atoms with Gasteiger partial charge in [-0.2, -0.15) is 10.5 Å². The number of benzene rings is 2. The molecule has 0 amide bonds. The molecule has 0 bridgehead atoms. The molecule has 2 heterocycles. The molecule has 174 valence electrons. The third kappa shape index (κ3) is 4.05. The van der Waals surface area contributed by atoms with E-state index in [0.29, 0.717) is 0 Å². The Kier molecular flexibility index (Phi) is 6.37. The number of halogens is 2. The molecule has 0 aliphatic rings. The van der Waals surface area contributed by atoms with E-state index in [1.54, 1.807) is 12.1 Å². The van der Waals surface area contributed by atoms with Crippen LogP contribution in [0.1, 0.15) is 45.9 Å². The Bertz CT molecular complexity index is 1700. The number of rotatable bonds is 5. The number of carbonyl (C=O) groups excluding carboxylic acids is 1. The zero-order chi connectivity index (χ0) is 25.5. The van der Waals surface area contributed by atoms with Crippen molar-refractivity contribution in [3.05, 3.63) is 92.7 Å². The van der Waals surface area contributed by atoms with Crippen molar-refractivity contribution in [2.24, 2.45) is 0 Å². The van der Waals surface area contributed by atoms with Crippen LogP contribution in [-0.2, 0) is 10.0 Å². The van der Waals surface area contributed by atoms with Gasteiger partial charge in [0, 0.05) is 16.1 Å². The van der Waals surface area contributed by atoms with Gasteiger partial charge in [-0.1, -0.05) is 41.4 Å². The van der Waals surface area contributed by atoms with E-state index in [4.69, 9.17) is 23.2 Å². The molecule has 0 fully saturated rings. The maximum Gasteiger partial charge on any atom is 0.268 e. The number of carbonyl (C=O) groups is 1. The van der Waals surface area contributed by atoms with Gasteiger partial charge in [-0.15, -0.1) is 0 Å². The molecule has 35 heavy (non-hydrogen) atoms. The Balaban J connectivity index is 2.11. The van der Waals surface area contributed by atoms with Crippen LogP contribution in [0.5, 0.6) is 0 Å². The molecule has 0 saturated carbocycles. The number of hydrogen-bond acceptors (Lipinski definition) is 7. The van der Waals surface area contributed by atoms with Crippen LogP contribution in [0.4, 0.5) is 0 Å². The van der Waals surface area contributed by atoms with E-state index in [1.165, 1.54) is 55.5 Å². The normalized spacial score (nSPS) is 12.2. The first kappa shape index (κ1) is 24.4. The number of nitrogens with zero attached hydrogens (tertiary/aromatic N) is 4. The van der Waals surface area contributed by atoms with Crippen LogP contribution >= 0.6 is 23.2 Å². The summed E-state index contributed by atoms with van der Waals surface area (Å²) in [6.07, 6.45) is -1.71. The molecule has 11 heteroatoms. The van der Waals surface area contributed by atoms with Crippen molar-refractivity contribution in [1.82, 2.24) is 8.96 Å². The Morgan fingerprint density at radius 2 is 1.77 bits per heavy atom. The van der Waals surface area contributed by atoms with Gasteiger partial charge in [0.1, 0.15) is 18.2 Å². The molecule has 1 N–H and O–H groups in total. The second-order valence-corrected chi connectivity index (χ2v) is 10.0. The van der Waals surface area contributed by atoms with Gasteiger partial charge in [0.15, 0.2) is 11.5 Å². The van der Waals surface area contributed by atoms with Gasteiger partial charge in [0.25, 0.3) is 10.0 Å². The van der Waals surface area contributed by atoms with Crippen LogP contribution in [-0.4, -0.2) is 28.3 Å². The summed E-state index contributed by atoms with van der Waals surface area (Å²) in [5, 5.41) is 30.1. The molecule has 0 aliphatic heterocycles. The average molecular weight is 525 g/mol. The Morgan fingerprint density at radius 3 is 2.37 bits per heavy atom. The van der Waals surface area contributed by atoms with Gasteiger partial charge in [-0.25, -0.2) is 17.4 Å². The summed E-state index contributed by atoms with van der Waals surface area (Å²) < 4.78 is 28.3. The fourth-order valence-electron chi connectivity index (χ4n) is 3.69. The Hall–Kier alpha value is -3.73. The third-order valence-corrected chi connectivity index (χ3v) is 7.83. The first-order chi connectivity index (χ1) is 16.6. The number of fused-ring (bicyclic) bond motifs is 1. The summed E-state index contributed by atoms with van der Waals surface area (Å²) in [6.45, 7) is 1.29. The van der Waals surface area contributed by atoms with Crippen LogP contribution in [0.3, 0.4) is 0 Å². The highest BCUT2D eigenvalue weighted by molar-refractivity contribution is 7.90. The SMILES string of the molecule is CC(=O)c1ccc(Cl)c(C(O)c2cc3nc(C#N)c(C#N)cc3n2S(=O)(=O)c2ccccc2)c1Cl. The highest BCUT2D eigenvalue weighted by Crippen LogP contribution is 2.39. The standard InChI is InChI=1S/C24H14Cl2N4O4S/c1-13(31)16-7-8-17(25)22(23(16)26)24(32)21-10-18-20(9-14(11-27)19(12-28)29-18)30(21)35(33,34)15-5-3-2-4-6-15/h2-10,24,32H,1H3. The first-order valence-corrected chi connectivity index (χ1v) is 12.2. The van der Waals surface area contributed by atoms with Crippen molar-refractivity contribution < 1.29 is 18.3 Å². The van der Waals surface area contributed by atoms with Gasteiger partial charge in [-0.3, -0.25) is 4.79 Å².